The van der Waals surface area contributed by atoms with Crippen molar-refractivity contribution in [2.24, 2.45) is 5.10 Å². The molecule has 3 rings (SSSR count). The van der Waals surface area contributed by atoms with E-state index in [4.69, 9.17) is 13.9 Å². The summed E-state index contributed by atoms with van der Waals surface area (Å²) in [6.07, 6.45) is 2.83. The largest absolute Gasteiger partial charge is 0.490 e. The van der Waals surface area contributed by atoms with Gasteiger partial charge in [0.1, 0.15) is 5.76 Å². The van der Waals surface area contributed by atoms with Crippen LogP contribution < -0.4 is 25.5 Å². The first-order valence-corrected chi connectivity index (χ1v) is 11.3. The second-order valence-electron chi connectivity index (χ2n) is 7.76. The van der Waals surface area contributed by atoms with Gasteiger partial charge >= 0.3 is 11.8 Å². The number of anilines is 1. The number of nitrogens with one attached hydrogen (secondary N) is 3. The molecule has 1 heterocycles. The number of carbonyl (C=O) groups excluding carboxylic acids is 3. The summed E-state index contributed by atoms with van der Waals surface area (Å²) in [6, 6.07) is 14.1. The lowest BCUT2D eigenvalue weighted by atomic mass is 10.1. The Bertz CT molecular complexity index is 1240. The van der Waals surface area contributed by atoms with Gasteiger partial charge in [0.2, 0.25) is 0 Å². The van der Waals surface area contributed by atoms with Crippen molar-refractivity contribution in [2.75, 3.05) is 18.5 Å². The highest BCUT2D eigenvalue weighted by molar-refractivity contribution is 6.35. The number of aryl methyl sites for hydroxylation is 2. The molecule has 0 saturated carbocycles. The van der Waals surface area contributed by atoms with E-state index < -0.39 is 11.8 Å². The van der Waals surface area contributed by atoms with Crippen LogP contribution in [0.5, 0.6) is 11.5 Å². The van der Waals surface area contributed by atoms with Gasteiger partial charge in [-0.05, 0) is 73.9 Å². The fraction of sp³-hybridized carbons (Fsp3) is 0.231. The molecule has 0 bridgehead atoms. The molecule has 0 aliphatic rings. The van der Waals surface area contributed by atoms with Crippen LogP contribution in [-0.4, -0.2) is 37.1 Å². The van der Waals surface area contributed by atoms with Crippen molar-refractivity contribution in [1.82, 2.24) is 10.7 Å². The minimum Gasteiger partial charge on any atom is -0.490 e. The van der Waals surface area contributed by atoms with Crippen molar-refractivity contribution >= 4 is 29.6 Å². The Hall–Kier alpha value is -4.60. The van der Waals surface area contributed by atoms with Crippen LogP contribution in [-0.2, 0) is 20.9 Å². The number of benzene rings is 2. The van der Waals surface area contributed by atoms with Crippen LogP contribution in [0.15, 0.2) is 64.3 Å². The van der Waals surface area contributed by atoms with Crippen LogP contribution in [0.25, 0.3) is 0 Å². The molecule has 0 aliphatic heterocycles. The molecule has 10 nitrogen and oxygen atoms in total. The maximum Gasteiger partial charge on any atom is 0.329 e. The van der Waals surface area contributed by atoms with Crippen molar-refractivity contribution in [1.29, 1.82) is 0 Å². The predicted octanol–water partition coefficient (Wildman–Crippen LogP) is 3.08. The Labute approximate surface area is 208 Å². The van der Waals surface area contributed by atoms with Crippen molar-refractivity contribution < 1.29 is 28.3 Å². The van der Waals surface area contributed by atoms with Gasteiger partial charge in [-0.2, -0.15) is 5.10 Å². The lowest BCUT2D eigenvalue weighted by molar-refractivity contribution is -0.139. The average Bonchev–Trinajstić information content (AvgIpc) is 3.38. The zero-order chi connectivity index (χ0) is 25.9. The van der Waals surface area contributed by atoms with E-state index in [-0.39, 0.29) is 19.1 Å². The van der Waals surface area contributed by atoms with E-state index in [0.29, 0.717) is 29.4 Å². The lowest BCUT2D eigenvalue weighted by Crippen LogP contribution is -2.37. The highest BCUT2D eigenvalue weighted by Gasteiger charge is 2.13. The third kappa shape index (κ3) is 7.73. The molecule has 0 spiro atoms. The van der Waals surface area contributed by atoms with Gasteiger partial charge in [0.25, 0.3) is 5.91 Å². The molecule has 0 fully saturated rings. The van der Waals surface area contributed by atoms with Crippen molar-refractivity contribution in [3.8, 4) is 11.5 Å². The summed E-state index contributed by atoms with van der Waals surface area (Å²) in [6.45, 7) is 5.94. The molecule has 0 atom stereocenters. The molecule has 0 unspecified atom stereocenters. The number of amides is 3. The highest BCUT2D eigenvalue weighted by atomic mass is 16.5. The van der Waals surface area contributed by atoms with Gasteiger partial charge in [0.15, 0.2) is 18.1 Å². The smallest absolute Gasteiger partial charge is 0.329 e. The molecule has 3 N–H and O–H groups in total. The van der Waals surface area contributed by atoms with E-state index in [1.807, 2.05) is 39.0 Å². The fourth-order valence-electron chi connectivity index (χ4n) is 3.07. The second kappa shape index (κ2) is 12.7. The number of nitrogens with zero attached hydrogens (tertiary/aromatic N) is 1. The average molecular weight is 493 g/mol. The molecule has 3 aromatic rings. The van der Waals surface area contributed by atoms with Crippen LogP contribution in [0, 0.1) is 13.8 Å². The van der Waals surface area contributed by atoms with E-state index in [0.717, 1.165) is 16.8 Å². The number of rotatable bonds is 10. The van der Waals surface area contributed by atoms with E-state index >= 15 is 0 Å². The predicted molar refractivity (Wildman–Crippen MR) is 134 cm³/mol. The normalized spacial score (nSPS) is 10.6. The molecule has 188 valence electrons. The topological polar surface area (TPSA) is 131 Å². The van der Waals surface area contributed by atoms with E-state index in [9.17, 15) is 14.4 Å². The Morgan fingerprint density at radius 2 is 1.83 bits per heavy atom. The van der Waals surface area contributed by atoms with Crippen LogP contribution >= 0.6 is 0 Å². The van der Waals surface area contributed by atoms with E-state index in [1.54, 1.807) is 30.3 Å². The van der Waals surface area contributed by atoms with Crippen LogP contribution in [0.4, 0.5) is 5.69 Å². The summed E-state index contributed by atoms with van der Waals surface area (Å²) < 4.78 is 16.4. The zero-order valence-corrected chi connectivity index (χ0v) is 20.3. The third-order valence-corrected chi connectivity index (χ3v) is 4.88. The maximum absolute atomic E-state index is 12.4. The molecule has 2 aromatic carbocycles. The summed E-state index contributed by atoms with van der Waals surface area (Å²) in [7, 11) is 0. The van der Waals surface area contributed by atoms with Gasteiger partial charge in [-0.3, -0.25) is 14.4 Å². The van der Waals surface area contributed by atoms with Crippen molar-refractivity contribution in [3.63, 3.8) is 0 Å². The molecule has 1 aromatic heterocycles. The first kappa shape index (κ1) is 26.0. The van der Waals surface area contributed by atoms with E-state index in [2.05, 4.69) is 21.2 Å². The SMILES string of the molecule is CCOc1cc(/C=N\NC(=O)C(=O)NCc2ccco2)ccc1OCC(=O)Nc1cc(C)ccc1C. The van der Waals surface area contributed by atoms with Gasteiger partial charge in [0, 0.05) is 5.69 Å². The molecule has 10 heteroatoms. The van der Waals surface area contributed by atoms with Crippen molar-refractivity contribution in [2.45, 2.75) is 27.3 Å². The zero-order valence-electron chi connectivity index (χ0n) is 20.3. The van der Waals surface area contributed by atoms with Gasteiger partial charge in [-0.1, -0.05) is 12.1 Å². The van der Waals surface area contributed by atoms with Gasteiger partial charge < -0.3 is 24.5 Å². The van der Waals surface area contributed by atoms with Crippen molar-refractivity contribution in [3.05, 3.63) is 77.2 Å². The van der Waals surface area contributed by atoms with Crippen LogP contribution in [0.3, 0.4) is 0 Å². The molecule has 0 saturated heterocycles. The van der Waals surface area contributed by atoms with Gasteiger partial charge in [0.05, 0.1) is 25.6 Å². The number of ether oxygens (including phenoxy) is 2. The first-order chi connectivity index (χ1) is 17.4. The standard InChI is InChI=1S/C26H28N4O6/c1-4-34-23-13-19(14-28-30-26(33)25(32)27-15-20-6-5-11-35-20)9-10-22(23)36-16-24(31)29-21-12-17(2)7-8-18(21)3/h5-14H,4,15-16H2,1-3H3,(H,27,32)(H,29,31)(H,30,33)/b28-14-. The Morgan fingerprint density at radius 3 is 2.58 bits per heavy atom. The van der Waals surface area contributed by atoms with Crippen LogP contribution in [0.2, 0.25) is 0 Å². The minimum absolute atomic E-state index is 0.0881. The molecule has 3 amide bonds. The molecule has 0 aliphatic carbocycles. The molecule has 36 heavy (non-hydrogen) atoms. The first-order valence-electron chi connectivity index (χ1n) is 11.3. The molecule has 0 radical (unpaired) electrons. The fourth-order valence-corrected chi connectivity index (χ4v) is 3.07. The summed E-state index contributed by atoms with van der Waals surface area (Å²) in [5, 5.41) is 9.07. The highest BCUT2D eigenvalue weighted by Crippen LogP contribution is 2.28. The molecular weight excluding hydrogens is 464 g/mol. The number of furan rings is 1. The summed E-state index contributed by atoms with van der Waals surface area (Å²) in [4.78, 5) is 36.1. The second-order valence-corrected chi connectivity index (χ2v) is 7.76. The minimum atomic E-state index is -0.919. The Kier molecular flexibility index (Phi) is 9.21. The number of carbonyl (C=O) groups is 3. The quantitative estimate of drug-likeness (QED) is 0.226. The number of hydrogen-bond donors (Lipinski definition) is 3. The van der Waals surface area contributed by atoms with Gasteiger partial charge in [-0.15, -0.1) is 0 Å². The van der Waals surface area contributed by atoms with Crippen LogP contribution in [0.1, 0.15) is 29.4 Å². The summed E-state index contributed by atoms with van der Waals surface area (Å²) in [5.74, 6) is -0.757. The monoisotopic (exact) mass is 492 g/mol. The number of hydrazone groups is 1. The third-order valence-electron chi connectivity index (χ3n) is 4.88. The molecular formula is C26H28N4O6. The Balaban J connectivity index is 1.54. The maximum atomic E-state index is 12.4. The summed E-state index contributed by atoms with van der Waals surface area (Å²) in [5.41, 5.74) is 5.47. The number of hydrogen-bond acceptors (Lipinski definition) is 7. The van der Waals surface area contributed by atoms with Gasteiger partial charge in [-0.25, -0.2) is 5.43 Å². The summed E-state index contributed by atoms with van der Waals surface area (Å²) >= 11 is 0. The van der Waals surface area contributed by atoms with E-state index in [1.165, 1.54) is 12.5 Å². The Morgan fingerprint density at radius 1 is 1.00 bits per heavy atom. The lowest BCUT2D eigenvalue weighted by Gasteiger charge is -2.13.